The molecule has 1 heterocycles. The van der Waals surface area contributed by atoms with Crippen LogP contribution in [0, 0.1) is 28.6 Å². The predicted molar refractivity (Wildman–Crippen MR) is 143 cm³/mol. The zero-order valence-electron chi connectivity index (χ0n) is 24.8. The molecule has 1 aliphatic heterocycles. The Morgan fingerprint density at radius 1 is 1.07 bits per heavy atom. The minimum absolute atomic E-state index is 0.00812. The van der Waals surface area contributed by atoms with Crippen molar-refractivity contribution < 1.29 is 48.3 Å². The molecule has 0 radical (unpaired) electrons. The summed E-state index contributed by atoms with van der Waals surface area (Å²) in [6.07, 6.45) is -2.67. The maximum atomic E-state index is 13.1. The van der Waals surface area contributed by atoms with E-state index in [1.54, 1.807) is 41.5 Å². The number of hydrogen-bond acceptors (Lipinski definition) is 10. The Morgan fingerprint density at radius 3 is 2.17 bits per heavy atom. The SMILES string of the molecule is C=C1CC[C@@H](O)[C@H]2[C@@]1(C)[C@@H](OC(C)=O)[C@H](OC(=O)C(C)C)[C@](C)(O)[C@]2(C)[C@H](CC1=CC(=O)OC1)OC(=O)C(C)C. The van der Waals surface area contributed by atoms with Crippen LogP contribution in [0.2, 0.25) is 0 Å². The van der Waals surface area contributed by atoms with E-state index in [-0.39, 0.29) is 13.0 Å². The molecular formula is C30H44O10. The Bertz CT molecular complexity index is 1090. The molecule has 3 rings (SSSR count). The highest BCUT2D eigenvalue weighted by molar-refractivity contribution is 5.85. The molecule has 8 atom stereocenters. The molecule has 10 nitrogen and oxygen atoms in total. The van der Waals surface area contributed by atoms with E-state index in [0.717, 1.165) is 0 Å². The summed E-state index contributed by atoms with van der Waals surface area (Å²) in [4.78, 5) is 50.4. The van der Waals surface area contributed by atoms with Crippen LogP contribution in [-0.2, 0) is 38.1 Å². The van der Waals surface area contributed by atoms with E-state index in [1.165, 1.54) is 19.9 Å². The highest BCUT2D eigenvalue weighted by Gasteiger charge is 2.75. The summed E-state index contributed by atoms with van der Waals surface area (Å²) in [6.45, 7) is 17.0. The van der Waals surface area contributed by atoms with Gasteiger partial charge in [0.25, 0.3) is 0 Å². The second-order valence-electron chi connectivity index (χ2n) is 12.6. The van der Waals surface area contributed by atoms with E-state index in [4.69, 9.17) is 18.9 Å². The Labute approximate surface area is 236 Å². The Kier molecular flexibility index (Phi) is 8.97. The molecule has 0 bridgehead atoms. The van der Waals surface area contributed by atoms with Crippen LogP contribution in [0.3, 0.4) is 0 Å². The number of cyclic esters (lactones) is 1. The largest absolute Gasteiger partial charge is 0.461 e. The van der Waals surface area contributed by atoms with Crippen LogP contribution in [0.25, 0.3) is 0 Å². The van der Waals surface area contributed by atoms with Crippen molar-refractivity contribution in [3.05, 3.63) is 23.8 Å². The summed E-state index contributed by atoms with van der Waals surface area (Å²) in [7, 11) is 0. The molecule has 2 saturated carbocycles. The number of carbonyl (C=O) groups excluding carboxylic acids is 4. The standard InChI is InChI=1S/C30H44O10/c1-15(2)26(34)39-21(12-19-13-22(33)37-14-19)29(8)23-20(32)11-10-17(5)28(23,7)24(38-18(6)31)25(30(29,9)36)40-27(35)16(3)4/h13,15-16,20-21,23-25,32,36H,5,10-12,14H2,1-4,6-9H3/t20-,21+,23+,24+,25+,28+,29-,30+/m1/s1. The van der Waals surface area contributed by atoms with Crippen LogP contribution in [0.4, 0.5) is 0 Å². The number of carbonyl (C=O) groups is 4. The van der Waals surface area contributed by atoms with E-state index in [2.05, 4.69) is 6.58 Å². The minimum Gasteiger partial charge on any atom is -0.461 e. The summed E-state index contributed by atoms with van der Waals surface area (Å²) < 4.78 is 22.9. The molecule has 2 aliphatic carbocycles. The third-order valence-electron chi connectivity index (χ3n) is 9.27. The molecule has 224 valence electrons. The smallest absolute Gasteiger partial charge is 0.331 e. The molecular weight excluding hydrogens is 520 g/mol. The lowest BCUT2D eigenvalue weighted by molar-refractivity contribution is -0.313. The second-order valence-corrected chi connectivity index (χ2v) is 12.6. The van der Waals surface area contributed by atoms with E-state index < -0.39 is 82.5 Å². The van der Waals surface area contributed by atoms with Gasteiger partial charge in [-0.25, -0.2) is 4.79 Å². The summed E-state index contributed by atoms with van der Waals surface area (Å²) in [5.41, 5.74) is -3.51. The number of esters is 4. The lowest BCUT2D eigenvalue weighted by Crippen LogP contribution is -2.78. The lowest BCUT2D eigenvalue weighted by atomic mass is 9.41. The van der Waals surface area contributed by atoms with Gasteiger partial charge in [-0.05, 0) is 25.3 Å². The Hall–Kier alpha value is -2.72. The number of aliphatic hydroxyl groups excluding tert-OH is 1. The van der Waals surface area contributed by atoms with E-state index in [0.29, 0.717) is 24.0 Å². The number of fused-ring (bicyclic) bond motifs is 1. The Morgan fingerprint density at radius 2 is 1.68 bits per heavy atom. The average Bonchev–Trinajstić information content (AvgIpc) is 3.26. The van der Waals surface area contributed by atoms with Crippen molar-refractivity contribution in [2.24, 2.45) is 28.6 Å². The highest BCUT2D eigenvalue weighted by atomic mass is 16.6. The van der Waals surface area contributed by atoms with Gasteiger partial charge in [-0.1, -0.05) is 53.7 Å². The van der Waals surface area contributed by atoms with Crippen molar-refractivity contribution in [2.75, 3.05) is 6.61 Å². The average molecular weight is 565 g/mol. The van der Waals surface area contributed by atoms with Gasteiger partial charge in [0.15, 0.2) is 12.2 Å². The van der Waals surface area contributed by atoms with Gasteiger partial charge in [0, 0.05) is 36.2 Å². The van der Waals surface area contributed by atoms with Crippen LogP contribution in [-0.4, -0.2) is 70.7 Å². The first-order valence-corrected chi connectivity index (χ1v) is 13.9. The van der Waals surface area contributed by atoms with Crippen LogP contribution in [0.15, 0.2) is 23.8 Å². The van der Waals surface area contributed by atoms with Gasteiger partial charge < -0.3 is 29.2 Å². The molecule has 0 saturated heterocycles. The van der Waals surface area contributed by atoms with E-state index in [1.807, 2.05) is 0 Å². The van der Waals surface area contributed by atoms with Crippen LogP contribution < -0.4 is 0 Å². The van der Waals surface area contributed by atoms with Gasteiger partial charge in [0.2, 0.25) is 0 Å². The summed E-state index contributed by atoms with van der Waals surface area (Å²) in [5.74, 6) is -4.30. The van der Waals surface area contributed by atoms with Crippen LogP contribution in [0.1, 0.15) is 74.7 Å². The fraction of sp³-hybridized carbons (Fsp3) is 0.733. The second kappa shape index (κ2) is 11.3. The third kappa shape index (κ3) is 5.32. The molecule has 0 aromatic carbocycles. The van der Waals surface area contributed by atoms with Crippen molar-refractivity contribution in [3.8, 4) is 0 Å². The van der Waals surface area contributed by atoms with E-state index in [9.17, 15) is 29.4 Å². The van der Waals surface area contributed by atoms with Crippen molar-refractivity contribution in [1.82, 2.24) is 0 Å². The molecule has 0 aromatic rings. The van der Waals surface area contributed by atoms with Crippen molar-refractivity contribution in [2.45, 2.75) is 105 Å². The first-order valence-electron chi connectivity index (χ1n) is 13.9. The van der Waals surface area contributed by atoms with Gasteiger partial charge in [0.1, 0.15) is 18.3 Å². The highest BCUT2D eigenvalue weighted by Crippen LogP contribution is 2.66. The first kappa shape index (κ1) is 31.8. The van der Waals surface area contributed by atoms with E-state index >= 15 is 0 Å². The summed E-state index contributed by atoms with van der Waals surface area (Å²) >= 11 is 0. The van der Waals surface area contributed by atoms with Crippen molar-refractivity contribution in [3.63, 3.8) is 0 Å². The maximum Gasteiger partial charge on any atom is 0.331 e. The zero-order chi connectivity index (χ0) is 30.4. The molecule has 2 fully saturated rings. The minimum atomic E-state index is -2.01. The molecule has 40 heavy (non-hydrogen) atoms. The molecule has 0 aromatic heterocycles. The molecule has 10 heteroatoms. The van der Waals surface area contributed by atoms with Gasteiger partial charge in [-0.3, -0.25) is 14.4 Å². The quantitative estimate of drug-likeness (QED) is 0.256. The zero-order valence-corrected chi connectivity index (χ0v) is 24.8. The molecule has 0 unspecified atom stereocenters. The number of aliphatic hydroxyl groups is 2. The van der Waals surface area contributed by atoms with Crippen LogP contribution >= 0.6 is 0 Å². The van der Waals surface area contributed by atoms with Crippen molar-refractivity contribution in [1.29, 1.82) is 0 Å². The molecule has 2 N–H and O–H groups in total. The first-order chi connectivity index (χ1) is 18.4. The number of rotatable bonds is 8. The molecule has 0 amide bonds. The number of hydrogen-bond donors (Lipinski definition) is 2. The van der Waals surface area contributed by atoms with Gasteiger partial charge in [0.05, 0.1) is 17.9 Å². The maximum absolute atomic E-state index is 13.1. The summed E-state index contributed by atoms with van der Waals surface area (Å²) in [6, 6.07) is 0. The monoisotopic (exact) mass is 564 g/mol. The predicted octanol–water partition coefficient (Wildman–Crippen LogP) is 3.03. The topological polar surface area (TPSA) is 146 Å². The van der Waals surface area contributed by atoms with Crippen molar-refractivity contribution >= 4 is 23.9 Å². The fourth-order valence-electron chi connectivity index (χ4n) is 6.76. The Balaban J connectivity index is 2.32. The van der Waals surface area contributed by atoms with Gasteiger partial charge >= 0.3 is 23.9 Å². The normalized spacial score (nSPS) is 36.5. The number of ether oxygens (including phenoxy) is 4. The van der Waals surface area contributed by atoms with Crippen LogP contribution in [0.5, 0.6) is 0 Å². The molecule has 3 aliphatic rings. The van der Waals surface area contributed by atoms with Gasteiger partial charge in [-0.2, -0.15) is 0 Å². The third-order valence-corrected chi connectivity index (χ3v) is 9.27. The fourth-order valence-corrected chi connectivity index (χ4v) is 6.76. The molecule has 0 spiro atoms. The summed E-state index contributed by atoms with van der Waals surface area (Å²) in [5, 5.41) is 24.2. The lowest BCUT2D eigenvalue weighted by Gasteiger charge is -2.67. The van der Waals surface area contributed by atoms with Gasteiger partial charge in [-0.15, -0.1) is 0 Å².